The Labute approximate surface area is 103 Å². The second kappa shape index (κ2) is 6.12. The van der Waals surface area contributed by atoms with Gasteiger partial charge in [-0.15, -0.1) is 0 Å². The number of rotatable bonds is 4. The average Bonchev–Trinajstić information content (AvgIpc) is 2.39. The summed E-state index contributed by atoms with van der Waals surface area (Å²) in [5.41, 5.74) is 1.30. The molecule has 2 heterocycles. The van der Waals surface area contributed by atoms with Crippen molar-refractivity contribution in [2.45, 2.75) is 32.3 Å². The minimum absolute atomic E-state index is 0.0883. The lowest BCUT2D eigenvalue weighted by molar-refractivity contribution is 0.0256. The van der Waals surface area contributed by atoms with E-state index in [0.717, 1.165) is 38.9 Å². The number of nitrogens with zero attached hydrogens (tertiary/aromatic N) is 2. The summed E-state index contributed by atoms with van der Waals surface area (Å²) in [7, 11) is 0. The Kier molecular flexibility index (Phi) is 4.51. The molecule has 1 aromatic rings. The SMILES string of the molecule is CCC1CN(CCc2cccnc2)CCC1O. The van der Waals surface area contributed by atoms with Crippen LogP contribution in [0.15, 0.2) is 24.5 Å². The smallest absolute Gasteiger partial charge is 0.0592 e. The van der Waals surface area contributed by atoms with Gasteiger partial charge in [-0.2, -0.15) is 0 Å². The van der Waals surface area contributed by atoms with Gasteiger partial charge in [0.05, 0.1) is 6.10 Å². The predicted octanol–water partition coefficient (Wildman–Crippen LogP) is 1.72. The Balaban J connectivity index is 1.80. The summed E-state index contributed by atoms with van der Waals surface area (Å²) < 4.78 is 0. The molecule has 2 unspecified atom stereocenters. The molecule has 17 heavy (non-hydrogen) atoms. The molecule has 2 rings (SSSR count). The minimum Gasteiger partial charge on any atom is -0.393 e. The molecular formula is C14H22N2O. The van der Waals surface area contributed by atoms with Crippen LogP contribution in [0.5, 0.6) is 0 Å². The van der Waals surface area contributed by atoms with E-state index in [2.05, 4.69) is 22.9 Å². The van der Waals surface area contributed by atoms with Crippen LogP contribution in [0.1, 0.15) is 25.3 Å². The highest BCUT2D eigenvalue weighted by Gasteiger charge is 2.25. The van der Waals surface area contributed by atoms with Gasteiger partial charge in [0.2, 0.25) is 0 Å². The van der Waals surface area contributed by atoms with Gasteiger partial charge in [0, 0.05) is 32.0 Å². The van der Waals surface area contributed by atoms with E-state index in [1.807, 2.05) is 18.5 Å². The van der Waals surface area contributed by atoms with Gasteiger partial charge >= 0.3 is 0 Å². The van der Waals surface area contributed by atoms with Gasteiger partial charge in [0.1, 0.15) is 0 Å². The van der Waals surface area contributed by atoms with E-state index in [9.17, 15) is 5.11 Å². The van der Waals surface area contributed by atoms with Gasteiger partial charge in [-0.3, -0.25) is 4.98 Å². The van der Waals surface area contributed by atoms with Crippen molar-refractivity contribution in [3.63, 3.8) is 0 Å². The van der Waals surface area contributed by atoms with E-state index in [1.54, 1.807) is 0 Å². The highest BCUT2D eigenvalue weighted by Crippen LogP contribution is 2.20. The Morgan fingerprint density at radius 3 is 3.12 bits per heavy atom. The number of likely N-dealkylation sites (tertiary alicyclic amines) is 1. The van der Waals surface area contributed by atoms with Crippen LogP contribution < -0.4 is 0 Å². The monoisotopic (exact) mass is 234 g/mol. The van der Waals surface area contributed by atoms with E-state index in [-0.39, 0.29) is 6.10 Å². The minimum atomic E-state index is -0.0883. The van der Waals surface area contributed by atoms with Crippen LogP contribution in [0.25, 0.3) is 0 Å². The molecule has 1 aliphatic heterocycles. The quantitative estimate of drug-likeness (QED) is 0.861. The number of aromatic nitrogens is 1. The number of aliphatic hydroxyl groups is 1. The molecule has 2 atom stereocenters. The number of pyridine rings is 1. The van der Waals surface area contributed by atoms with Crippen molar-refractivity contribution in [1.82, 2.24) is 9.88 Å². The molecule has 1 saturated heterocycles. The molecule has 0 aromatic carbocycles. The molecule has 0 saturated carbocycles. The zero-order valence-corrected chi connectivity index (χ0v) is 10.5. The molecule has 0 spiro atoms. The maximum atomic E-state index is 9.84. The van der Waals surface area contributed by atoms with Crippen molar-refractivity contribution in [2.24, 2.45) is 5.92 Å². The third-order valence-corrected chi connectivity index (χ3v) is 3.74. The largest absolute Gasteiger partial charge is 0.393 e. The lowest BCUT2D eigenvalue weighted by Gasteiger charge is -2.35. The first kappa shape index (κ1) is 12.5. The van der Waals surface area contributed by atoms with E-state index in [0.29, 0.717) is 5.92 Å². The van der Waals surface area contributed by atoms with Crippen LogP contribution in [-0.4, -0.2) is 40.7 Å². The van der Waals surface area contributed by atoms with Crippen molar-refractivity contribution in [1.29, 1.82) is 0 Å². The number of piperidine rings is 1. The van der Waals surface area contributed by atoms with Crippen LogP contribution in [-0.2, 0) is 6.42 Å². The molecule has 1 aliphatic rings. The first-order valence-corrected chi connectivity index (χ1v) is 6.59. The third kappa shape index (κ3) is 3.51. The fraction of sp³-hybridized carbons (Fsp3) is 0.643. The van der Waals surface area contributed by atoms with Crippen LogP contribution in [0, 0.1) is 5.92 Å². The van der Waals surface area contributed by atoms with Crippen molar-refractivity contribution in [3.05, 3.63) is 30.1 Å². The molecule has 1 aromatic heterocycles. The summed E-state index contributed by atoms with van der Waals surface area (Å²) in [4.78, 5) is 6.60. The molecule has 0 bridgehead atoms. The second-order valence-electron chi connectivity index (χ2n) is 4.94. The fourth-order valence-electron chi connectivity index (χ4n) is 2.53. The summed E-state index contributed by atoms with van der Waals surface area (Å²) in [5, 5.41) is 9.84. The highest BCUT2D eigenvalue weighted by atomic mass is 16.3. The van der Waals surface area contributed by atoms with Crippen LogP contribution in [0.3, 0.4) is 0 Å². The fourth-order valence-corrected chi connectivity index (χ4v) is 2.53. The number of hydrogen-bond donors (Lipinski definition) is 1. The van der Waals surface area contributed by atoms with Crippen molar-refractivity contribution in [2.75, 3.05) is 19.6 Å². The summed E-state index contributed by atoms with van der Waals surface area (Å²) in [6.07, 6.45) is 6.72. The molecular weight excluding hydrogens is 212 g/mol. The van der Waals surface area contributed by atoms with Gasteiger partial charge in [-0.25, -0.2) is 0 Å². The Morgan fingerprint density at radius 1 is 1.53 bits per heavy atom. The molecule has 1 N–H and O–H groups in total. The van der Waals surface area contributed by atoms with Gasteiger partial charge in [0.15, 0.2) is 0 Å². The Hall–Kier alpha value is -0.930. The van der Waals surface area contributed by atoms with Crippen molar-refractivity contribution >= 4 is 0 Å². The number of hydrogen-bond acceptors (Lipinski definition) is 3. The van der Waals surface area contributed by atoms with E-state index in [1.165, 1.54) is 5.56 Å². The third-order valence-electron chi connectivity index (χ3n) is 3.74. The van der Waals surface area contributed by atoms with Gasteiger partial charge in [-0.1, -0.05) is 13.0 Å². The lowest BCUT2D eigenvalue weighted by Crippen LogP contribution is -2.43. The van der Waals surface area contributed by atoms with Crippen LogP contribution >= 0.6 is 0 Å². The summed E-state index contributed by atoms with van der Waals surface area (Å²) in [6.45, 7) is 5.31. The number of aliphatic hydroxyl groups excluding tert-OH is 1. The highest BCUT2D eigenvalue weighted by molar-refractivity contribution is 5.08. The Bertz CT molecular complexity index is 328. The summed E-state index contributed by atoms with van der Waals surface area (Å²) in [6, 6.07) is 4.12. The molecule has 94 valence electrons. The van der Waals surface area contributed by atoms with E-state index >= 15 is 0 Å². The zero-order chi connectivity index (χ0) is 12.1. The topological polar surface area (TPSA) is 36.4 Å². The van der Waals surface area contributed by atoms with Crippen molar-refractivity contribution < 1.29 is 5.11 Å². The first-order chi connectivity index (χ1) is 8.29. The van der Waals surface area contributed by atoms with Gasteiger partial charge < -0.3 is 10.0 Å². The van der Waals surface area contributed by atoms with Crippen molar-refractivity contribution in [3.8, 4) is 0 Å². The van der Waals surface area contributed by atoms with E-state index in [4.69, 9.17) is 0 Å². The maximum Gasteiger partial charge on any atom is 0.0592 e. The Morgan fingerprint density at radius 2 is 2.41 bits per heavy atom. The molecule has 3 heteroatoms. The molecule has 0 aliphatic carbocycles. The molecule has 3 nitrogen and oxygen atoms in total. The zero-order valence-electron chi connectivity index (χ0n) is 10.5. The standard InChI is InChI=1S/C14H22N2O/c1-2-13-11-16(9-6-14(13)17)8-5-12-4-3-7-15-10-12/h3-4,7,10,13-14,17H,2,5-6,8-9,11H2,1H3. The van der Waals surface area contributed by atoms with Gasteiger partial charge in [-0.05, 0) is 36.8 Å². The van der Waals surface area contributed by atoms with Crippen LogP contribution in [0.2, 0.25) is 0 Å². The average molecular weight is 234 g/mol. The normalized spacial score (nSPS) is 26.0. The second-order valence-corrected chi connectivity index (χ2v) is 4.94. The summed E-state index contributed by atoms with van der Waals surface area (Å²) in [5.74, 6) is 0.456. The van der Waals surface area contributed by atoms with E-state index < -0.39 is 0 Å². The first-order valence-electron chi connectivity index (χ1n) is 6.59. The van der Waals surface area contributed by atoms with Gasteiger partial charge in [0.25, 0.3) is 0 Å². The summed E-state index contributed by atoms with van der Waals surface area (Å²) >= 11 is 0. The predicted molar refractivity (Wildman–Crippen MR) is 68.8 cm³/mol. The molecule has 0 amide bonds. The maximum absolute atomic E-state index is 9.84. The molecule has 1 fully saturated rings. The van der Waals surface area contributed by atoms with Crippen LogP contribution in [0.4, 0.5) is 0 Å². The molecule has 0 radical (unpaired) electrons. The lowest BCUT2D eigenvalue weighted by atomic mass is 9.92.